The van der Waals surface area contributed by atoms with Gasteiger partial charge in [-0.1, -0.05) is 0 Å². The summed E-state index contributed by atoms with van der Waals surface area (Å²) >= 11 is 1.67. The summed E-state index contributed by atoms with van der Waals surface area (Å²) in [4.78, 5) is 18.8. The average molecular weight is 287 g/mol. The number of hydrogen-bond acceptors (Lipinski definition) is 4. The fourth-order valence-corrected chi connectivity index (χ4v) is 2.93. The van der Waals surface area contributed by atoms with Gasteiger partial charge in [-0.25, -0.2) is 0 Å². The van der Waals surface area contributed by atoms with Gasteiger partial charge in [-0.05, 0) is 41.3 Å². The molecule has 3 rings (SSSR count). The zero-order valence-electron chi connectivity index (χ0n) is 11.4. The predicted octanol–water partition coefficient (Wildman–Crippen LogP) is 2.99. The largest absolute Gasteiger partial charge is 0.387 e. The normalized spacial score (nSPS) is 14.1. The Labute approximate surface area is 122 Å². The molecule has 5 heteroatoms. The van der Waals surface area contributed by atoms with E-state index in [0.717, 1.165) is 18.5 Å². The summed E-state index contributed by atoms with van der Waals surface area (Å²) in [5.41, 5.74) is 2.68. The van der Waals surface area contributed by atoms with E-state index >= 15 is 0 Å². The fraction of sp³-hybridized carbons (Fsp3) is 0.333. The van der Waals surface area contributed by atoms with Gasteiger partial charge in [0.25, 0.3) is 5.91 Å². The van der Waals surface area contributed by atoms with Gasteiger partial charge in [-0.2, -0.15) is 11.3 Å². The van der Waals surface area contributed by atoms with Crippen LogP contribution < -0.4 is 5.32 Å². The van der Waals surface area contributed by atoms with Crippen molar-refractivity contribution in [3.63, 3.8) is 0 Å². The summed E-state index contributed by atoms with van der Waals surface area (Å²) in [5, 5.41) is 7.22. The van der Waals surface area contributed by atoms with Gasteiger partial charge in [0.05, 0.1) is 5.56 Å². The highest BCUT2D eigenvalue weighted by atomic mass is 32.1. The van der Waals surface area contributed by atoms with Crippen LogP contribution in [0.1, 0.15) is 28.8 Å². The third kappa shape index (κ3) is 2.67. The number of nitrogens with one attached hydrogen (secondary N) is 1. The highest BCUT2D eigenvalue weighted by Crippen LogP contribution is 2.31. The second-order valence-corrected chi connectivity index (χ2v) is 5.75. The molecule has 1 saturated carbocycles. The quantitative estimate of drug-likeness (QED) is 0.919. The van der Waals surface area contributed by atoms with Crippen molar-refractivity contribution < 1.29 is 4.79 Å². The Kier molecular flexibility index (Phi) is 3.69. The molecule has 2 aromatic rings. The third-order valence-electron chi connectivity index (χ3n) is 3.50. The number of anilines is 1. The number of thiophene rings is 1. The van der Waals surface area contributed by atoms with Crippen LogP contribution in [-0.4, -0.2) is 28.9 Å². The molecular weight excluding hydrogens is 270 g/mol. The molecular formula is C15H17N3OS. The molecule has 0 radical (unpaired) electrons. The summed E-state index contributed by atoms with van der Waals surface area (Å²) < 4.78 is 0. The third-order valence-corrected chi connectivity index (χ3v) is 4.23. The molecule has 0 spiro atoms. The van der Waals surface area contributed by atoms with E-state index in [1.54, 1.807) is 23.7 Å². The van der Waals surface area contributed by atoms with Crippen LogP contribution in [-0.2, 0) is 6.54 Å². The van der Waals surface area contributed by atoms with Gasteiger partial charge in [0, 0.05) is 37.7 Å². The first-order valence-electron chi connectivity index (χ1n) is 6.73. The molecule has 0 bridgehead atoms. The van der Waals surface area contributed by atoms with Crippen LogP contribution >= 0.6 is 11.3 Å². The van der Waals surface area contributed by atoms with Crippen LogP contribution in [0.5, 0.6) is 0 Å². The van der Waals surface area contributed by atoms with E-state index in [9.17, 15) is 4.79 Å². The van der Waals surface area contributed by atoms with Gasteiger partial charge >= 0.3 is 0 Å². The maximum Gasteiger partial charge on any atom is 0.258 e. The second kappa shape index (κ2) is 5.63. The topological polar surface area (TPSA) is 45.2 Å². The number of rotatable bonds is 5. The average Bonchev–Trinajstić information content (AvgIpc) is 3.20. The van der Waals surface area contributed by atoms with Gasteiger partial charge in [-0.3, -0.25) is 9.78 Å². The molecule has 0 unspecified atom stereocenters. The van der Waals surface area contributed by atoms with E-state index in [0.29, 0.717) is 18.2 Å². The van der Waals surface area contributed by atoms with Crippen molar-refractivity contribution in [3.05, 3.63) is 46.4 Å². The van der Waals surface area contributed by atoms with Crippen molar-refractivity contribution in [2.24, 2.45) is 0 Å². The highest BCUT2D eigenvalue weighted by molar-refractivity contribution is 7.07. The molecule has 0 aliphatic heterocycles. The highest BCUT2D eigenvalue weighted by Gasteiger charge is 2.33. The number of pyridine rings is 1. The first-order valence-corrected chi connectivity index (χ1v) is 7.67. The number of nitrogens with zero attached hydrogens (tertiary/aromatic N) is 2. The molecule has 1 aliphatic rings. The summed E-state index contributed by atoms with van der Waals surface area (Å²) in [7, 11) is 1.83. The van der Waals surface area contributed by atoms with E-state index in [1.165, 1.54) is 5.56 Å². The molecule has 1 fully saturated rings. The van der Waals surface area contributed by atoms with Gasteiger partial charge < -0.3 is 10.2 Å². The lowest BCUT2D eigenvalue weighted by Gasteiger charge is -2.23. The molecule has 20 heavy (non-hydrogen) atoms. The zero-order chi connectivity index (χ0) is 13.9. The van der Waals surface area contributed by atoms with E-state index in [1.807, 2.05) is 23.4 Å². The van der Waals surface area contributed by atoms with Crippen LogP contribution in [0.3, 0.4) is 0 Å². The standard InChI is InChI=1S/C15H17N3OS/c1-16-14-4-6-17-8-13(14)15(19)18(12-2-3-12)9-11-5-7-20-10-11/h4-8,10,12H,2-3,9H2,1H3,(H,16,17). The SMILES string of the molecule is CNc1ccncc1C(=O)N(Cc1ccsc1)C1CC1. The smallest absolute Gasteiger partial charge is 0.258 e. The number of aromatic nitrogens is 1. The maximum atomic E-state index is 12.8. The molecule has 2 aromatic heterocycles. The molecule has 4 nitrogen and oxygen atoms in total. The Balaban J connectivity index is 1.85. The Bertz CT molecular complexity index is 593. The van der Waals surface area contributed by atoms with Gasteiger partial charge in [0.2, 0.25) is 0 Å². The molecule has 1 aliphatic carbocycles. The van der Waals surface area contributed by atoms with Crippen LogP contribution in [0.25, 0.3) is 0 Å². The Morgan fingerprint density at radius 1 is 1.50 bits per heavy atom. The van der Waals surface area contributed by atoms with Gasteiger partial charge in [-0.15, -0.1) is 0 Å². The molecule has 104 valence electrons. The minimum Gasteiger partial charge on any atom is -0.387 e. The maximum absolute atomic E-state index is 12.8. The summed E-state index contributed by atoms with van der Waals surface area (Å²) in [6, 6.07) is 4.30. The number of carbonyl (C=O) groups excluding carboxylic acids is 1. The molecule has 0 saturated heterocycles. The summed E-state index contributed by atoms with van der Waals surface area (Å²) in [5.74, 6) is 0.0659. The van der Waals surface area contributed by atoms with E-state index in [2.05, 4.69) is 21.7 Å². The summed E-state index contributed by atoms with van der Waals surface area (Å²) in [6.45, 7) is 0.686. The lowest BCUT2D eigenvalue weighted by atomic mass is 10.2. The monoisotopic (exact) mass is 287 g/mol. The lowest BCUT2D eigenvalue weighted by molar-refractivity contribution is 0.0730. The lowest BCUT2D eigenvalue weighted by Crippen LogP contribution is -2.33. The van der Waals surface area contributed by atoms with Crippen molar-refractivity contribution in [3.8, 4) is 0 Å². The van der Waals surface area contributed by atoms with Crippen molar-refractivity contribution in [2.45, 2.75) is 25.4 Å². The number of hydrogen-bond donors (Lipinski definition) is 1. The van der Waals surface area contributed by atoms with Crippen molar-refractivity contribution >= 4 is 22.9 Å². The Morgan fingerprint density at radius 3 is 3.00 bits per heavy atom. The zero-order valence-corrected chi connectivity index (χ0v) is 12.2. The van der Waals surface area contributed by atoms with Crippen LogP contribution in [0.4, 0.5) is 5.69 Å². The molecule has 1 amide bonds. The predicted molar refractivity (Wildman–Crippen MR) is 81.0 cm³/mol. The number of carbonyl (C=O) groups is 1. The van der Waals surface area contributed by atoms with Gasteiger partial charge in [0.15, 0.2) is 0 Å². The van der Waals surface area contributed by atoms with Crippen LogP contribution in [0.2, 0.25) is 0 Å². The minimum atomic E-state index is 0.0659. The van der Waals surface area contributed by atoms with E-state index in [4.69, 9.17) is 0 Å². The molecule has 0 atom stereocenters. The minimum absolute atomic E-state index is 0.0659. The fourth-order valence-electron chi connectivity index (χ4n) is 2.27. The molecule has 0 aromatic carbocycles. The van der Waals surface area contributed by atoms with Gasteiger partial charge in [0.1, 0.15) is 0 Å². The first-order chi connectivity index (χ1) is 9.79. The van der Waals surface area contributed by atoms with E-state index < -0.39 is 0 Å². The second-order valence-electron chi connectivity index (χ2n) is 4.97. The van der Waals surface area contributed by atoms with Crippen molar-refractivity contribution in [1.29, 1.82) is 0 Å². The molecule has 2 heterocycles. The van der Waals surface area contributed by atoms with Crippen molar-refractivity contribution in [1.82, 2.24) is 9.88 Å². The first kappa shape index (κ1) is 13.1. The van der Waals surface area contributed by atoms with E-state index in [-0.39, 0.29) is 5.91 Å². The number of amides is 1. The Morgan fingerprint density at radius 2 is 2.35 bits per heavy atom. The Hall–Kier alpha value is -1.88. The van der Waals surface area contributed by atoms with Crippen LogP contribution in [0, 0.1) is 0 Å². The molecule has 1 N–H and O–H groups in total. The van der Waals surface area contributed by atoms with Crippen LogP contribution in [0.15, 0.2) is 35.3 Å². The summed E-state index contributed by atoms with van der Waals surface area (Å²) in [6.07, 6.45) is 5.55. The van der Waals surface area contributed by atoms with Crippen molar-refractivity contribution in [2.75, 3.05) is 12.4 Å².